The zero-order valence-corrected chi connectivity index (χ0v) is 16.7. The van der Waals surface area contributed by atoms with Crippen LogP contribution in [0.15, 0.2) is 18.2 Å². The van der Waals surface area contributed by atoms with Crippen molar-refractivity contribution in [3.8, 4) is 11.8 Å². The Labute approximate surface area is 166 Å². The van der Waals surface area contributed by atoms with E-state index >= 15 is 0 Å². The third-order valence-electron chi connectivity index (χ3n) is 4.76. The number of ether oxygens (including phenoxy) is 4. The van der Waals surface area contributed by atoms with Crippen LogP contribution in [0.25, 0.3) is 0 Å². The summed E-state index contributed by atoms with van der Waals surface area (Å²) >= 11 is 0. The van der Waals surface area contributed by atoms with Gasteiger partial charge in [0.1, 0.15) is 24.0 Å². The summed E-state index contributed by atoms with van der Waals surface area (Å²) in [6, 6.07) is 7.35. The van der Waals surface area contributed by atoms with Crippen LogP contribution in [0, 0.1) is 23.2 Å². The lowest BCUT2D eigenvalue weighted by atomic mass is 9.91. The van der Waals surface area contributed by atoms with Gasteiger partial charge in [-0.1, -0.05) is 19.9 Å². The lowest BCUT2D eigenvalue weighted by Gasteiger charge is -2.17. The number of hydrogen-bond donors (Lipinski definition) is 1. The molecule has 7 heteroatoms. The Morgan fingerprint density at radius 1 is 1.36 bits per heavy atom. The minimum absolute atomic E-state index is 0.0623. The number of hydrogen-bond acceptors (Lipinski definition) is 7. The average molecular weight is 391 g/mol. The molecule has 0 saturated carbocycles. The maximum Gasteiger partial charge on any atom is 0.309 e. The minimum Gasteiger partial charge on any atom is -0.492 e. The number of carbonyl (C=O) groups is 1. The van der Waals surface area contributed by atoms with Gasteiger partial charge < -0.3 is 24.1 Å². The third-order valence-corrected chi connectivity index (χ3v) is 4.76. The number of aliphatic hydroxyl groups is 1. The number of nitriles is 1. The van der Waals surface area contributed by atoms with Crippen molar-refractivity contribution in [1.82, 2.24) is 0 Å². The lowest BCUT2D eigenvalue weighted by Crippen LogP contribution is -2.30. The van der Waals surface area contributed by atoms with Gasteiger partial charge in [0.15, 0.2) is 0 Å². The van der Waals surface area contributed by atoms with Crippen LogP contribution in [-0.4, -0.2) is 50.2 Å². The molecule has 0 radical (unpaired) electrons. The monoisotopic (exact) mass is 391 g/mol. The number of benzene rings is 1. The Balaban J connectivity index is 1.83. The second kappa shape index (κ2) is 11.0. The van der Waals surface area contributed by atoms with E-state index in [0.29, 0.717) is 30.9 Å². The highest BCUT2D eigenvalue weighted by atomic mass is 16.6. The number of esters is 1. The van der Waals surface area contributed by atoms with Crippen molar-refractivity contribution in [3.63, 3.8) is 0 Å². The van der Waals surface area contributed by atoms with Crippen molar-refractivity contribution in [2.24, 2.45) is 11.8 Å². The van der Waals surface area contributed by atoms with Crippen LogP contribution in [0.1, 0.15) is 37.8 Å². The van der Waals surface area contributed by atoms with Gasteiger partial charge in [-0.2, -0.15) is 5.26 Å². The largest absolute Gasteiger partial charge is 0.492 e. The second-order valence-electron chi connectivity index (χ2n) is 7.28. The van der Waals surface area contributed by atoms with E-state index in [1.54, 1.807) is 25.3 Å². The first-order valence-electron chi connectivity index (χ1n) is 9.57. The fourth-order valence-corrected chi connectivity index (χ4v) is 3.07. The minimum atomic E-state index is -0.865. The molecule has 1 fully saturated rings. The first-order chi connectivity index (χ1) is 13.5. The number of aliphatic hydroxyl groups excluding tert-OH is 1. The fourth-order valence-electron chi connectivity index (χ4n) is 3.07. The zero-order chi connectivity index (χ0) is 20.5. The number of carbonyl (C=O) groups excluding carboxylic acids is 1. The molecule has 1 N–H and O–H groups in total. The van der Waals surface area contributed by atoms with E-state index in [9.17, 15) is 15.2 Å². The number of rotatable bonds is 11. The van der Waals surface area contributed by atoms with Crippen LogP contribution in [0.2, 0.25) is 0 Å². The summed E-state index contributed by atoms with van der Waals surface area (Å²) < 4.78 is 21.5. The first-order valence-corrected chi connectivity index (χ1v) is 9.57. The second-order valence-corrected chi connectivity index (χ2v) is 7.28. The van der Waals surface area contributed by atoms with Crippen LogP contribution >= 0.6 is 0 Å². The summed E-state index contributed by atoms with van der Waals surface area (Å²) in [6.07, 6.45) is -0.153. The highest BCUT2D eigenvalue weighted by molar-refractivity contribution is 5.75. The van der Waals surface area contributed by atoms with Crippen LogP contribution in [0.3, 0.4) is 0 Å². The van der Waals surface area contributed by atoms with Gasteiger partial charge in [-0.15, -0.1) is 0 Å². The van der Waals surface area contributed by atoms with Gasteiger partial charge in [-0.3, -0.25) is 4.79 Å². The Morgan fingerprint density at radius 3 is 2.79 bits per heavy atom. The number of cyclic esters (lactones) is 1. The standard InChI is InChI=1S/C21H29NO6/c1-14(2)17-10-20(28-21(17)24)18(23)13-26-12-15-5-6-16(11-22)19(9-15)27-8-4-7-25-3/h5-6,9,14,17-18,20,23H,4,7-8,10,12-13H2,1-3H3/t17-,18+,20?/m0/s1. The molecule has 0 bridgehead atoms. The molecule has 1 aliphatic heterocycles. The molecule has 0 spiro atoms. The van der Waals surface area contributed by atoms with Crippen LogP contribution < -0.4 is 4.74 Å². The molecular formula is C21H29NO6. The first kappa shape index (κ1) is 22.2. The normalized spacial score (nSPS) is 20.1. The molecule has 0 amide bonds. The molecule has 1 saturated heterocycles. The predicted octanol–water partition coefficient (Wildman–Crippen LogP) is 2.44. The summed E-state index contributed by atoms with van der Waals surface area (Å²) in [7, 11) is 1.63. The van der Waals surface area contributed by atoms with Gasteiger partial charge in [0.25, 0.3) is 0 Å². The van der Waals surface area contributed by atoms with Crippen molar-refractivity contribution in [2.45, 2.75) is 45.5 Å². The summed E-state index contributed by atoms with van der Waals surface area (Å²) in [5.74, 6) is 0.272. The summed E-state index contributed by atoms with van der Waals surface area (Å²) in [4.78, 5) is 11.8. The van der Waals surface area contributed by atoms with E-state index in [0.717, 1.165) is 12.0 Å². The van der Waals surface area contributed by atoms with Crippen molar-refractivity contribution < 1.29 is 28.8 Å². The van der Waals surface area contributed by atoms with E-state index in [2.05, 4.69) is 6.07 Å². The molecule has 1 unspecified atom stereocenters. The predicted molar refractivity (Wildman–Crippen MR) is 102 cm³/mol. The SMILES string of the molecule is COCCCOc1cc(COC[C@@H](O)C2C[C@@H](C(C)C)C(=O)O2)ccc1C#N. The lowest BCUT2D eigenvalue weighted by molar-refractivity contribution is -0.150. The van der Waals surface area contributed by atoms with Crippen LogP contribution in [0.4, 0.5) is 0 Å². The van der Waals surface area contributed by atoms with Crippen molar-refractivity contribution in [2.75, 3.05) is 26.9 Å². The Hall–Kier alpha value is -2.14. The van der Waals surface area contributed by atoms with Crippen molar-refractivity contribution in [1.29, 1.82) is 5.26 Å². The maximum absolute atomic E-state index is 11.8. The van der Waals surface area contributed by atoms with Crippen LogP contribution in [-0.2, 0) is 25.6 Å². The van der Waals surface area contributed by atoms with Gasteiger partial charge in [-0.25, -0.2) is 0 Å². The summed E-state index contributed by atoms with van der Waals surface area (Å²) in [6.45, 7) is 5.30. The maximum atomic E-state index is 11.8. The Kier molecular flexibility index (Phi) is 8.71. The number of methoxy groups -OCH3 is 1. The van der Waals surface area contributed by atoms with Crippen molar-refractivity contribution >= 4 is 5.97 Å². The van der Waals surface area contributed by atoms with E-state index < -0.39 is 12.2 Å². The average Bonchev–Trinajstić information content (AvgIpc) is 3.07. The van der Waals surface area contributed by atoms with Gasteiger partial charge in [0.2, 0.25) is 0 Å². The quantitative estimate of drug-likeness (QED) is 0.457. The van der Waals surface area contributed by atoms with Crippen molar-refractivity contribution in [3.05, 3.63) is 29.3 Å². The molecule has 3 atom stereocenters. The van der Waals surface area contributed by atoms with E-state index in [1.807, 2.05) is 13.8 Å². The topological polar surface area (TPSA) is 98.0 Å². The van der Waals surface area contributed by atoms with Gasteiger partial charge in [0, 0.05) is 26.6 Å². The summed E-state index contributed by atoms with van der Waals surface area (Å²) in [5, 5.41) is 19.5. The van der Waals surface area contributed by atoms with Gasteiger partial charge in [-0.05, 0) is 23.6 Å². The highest BCUT2D eigenvalue weighted by Crippen LogP contribution is 2.29. The molecule has 1 aromatic rings. The smallest absolute Gasteiger partial charge is 0.309 e. The molecule has 7 nitrogen and oxygen atoms in total. The molecule has 1 heterocycles. The van der Waals surface area contributed by atoms with Crippen LogP contribution in [0.5, 0.6) is 5.75 Å². The molecule has 2 rings (SSSR count). The molecule has 1 aromatic carbocycles. The van der Waals surface area contributed by atoms with Gasteiger partial charge in [0.05, 0.1) is 31.3 Å². The van der Waals surface area contributed by atoms with Gasteiger partial charge >= 0.3 is 5.97 Å². The summed E-state index contributed by atoms with van der Waals surface area (Å²) in [5.41, 5.74) is 1.29. The molecular weight excluding hydrogens is 362 g/mol. The Bertz CT molecular complexity index is 684. The molecule has 0 aromatic heterocycles. The zero-order valence-electron chi connectivity index (χ0n) is 16.7. The molecule has 1 aliphatic rings. The third kappa shape index (κ3) is 6.20. The molecule has 0 aliphatic carbocycles. The molecule has 28 heavy (non-hydrogen) atoms. The number of nitrogens with zero attached hydrogens (tertiary/aromatic N) is 1. The highest BCUT2D eigenvalue weighted by Gasteiger charge is 2.39. The van der Waals surface area contributed by atoms with E-state index in [1.165, 1.54) is 0 Å². The molecule has 154 valence electrons. The van der Waals surface area contributed by atoms with E-state index in [4.69, 9.17) is 18.9 Å². The van der Waals surface area contributed by atoms with E-state index in [-0.39, 0.29) is 31.0 Å². The fraction of sp³-hybridized carbons (Fsp3) is 0.619. The Morgan fingerprint density at radius 2 is 2.14 bits per heavy atom.